The summed E-state index contributed by atoms with van der Waals surface area (Å²) < 4.78 is 47.5. The molecular formula is C18H23FN4O4S. The summed E-state index contributed by atoms with van der Waals surface area (Å²) in [7, 11) is -2.01. The van der Waals surface area contributed by atoms with Crippen LogP contribution in [-0.2, 0) is 21.9 Å². The van der Waals surface area contributed by atoms with Crippen LogP contribution in [0.5, 0.6) is 5.75 Å². The predicted octanol–water partition coefficient (Wildman–Crippen LogP) is 1.25. The molecular weight excluding hydrogens is 387 g/mol. The van der Waals surface area contributed by atoms with Crippen molar-refractivity contribution in [3.05, 3.63) is 42.6 Å². The molecule has 1 aromatic carbocycles. The molecule has 0 aliphatic carbocycles. The van der Waals surface area contributed by atoms with Crippen molar-refractivity contribution in [1.29, 1.82) is 0 Å². The van der Waals surface area contributed by atoms with E-state index in [1.807, 2.05) is 0 Å². The minimum Gasteiger partial charge on any atom is -0.478 e. The molecule has 0 radical (unpaired) electrons. The molecule has 1 aliphatic rings. The molecule has 152 valence electrons. The highest BCUT2D eigenvalue weighted by atomic mass is 32.2. The van der Waals surface area contributed by atoms with Gasteiger partial charge in [-0.05, 0) is 25.5 Å². The molecule has 1 atom stereocenters. The number of ether oxygens (including phenoxy) is 1. The predicted molar refractivity (Wildman–Crippen MR) is 99.7 cm³/mol. The number of para-hydroxylation sites is 1. The third kappa shape index (κ3) is 4.33. The molecule has 1 aromatic heterocycles. The smallest absolute Gasteiger partial charge is 0.263 e. The summed E-state index contributed by atoms with van der Waals surface area (Å²) in [4.78, 5) is 18.2. The number of amides is 1. The Morgan fingerprint density at radius 3 is 2.64 bits per heavy atom. The van der Waals surface area contributed by atoms with Gasteiger partial charge in [-0.2, -0.15) is 4.31 Å². The Morgan fingerprint density at radius 1 is 1.21 bits per heavy atom. The average Bonchev–Trinajstić information content (AvgIpc) is 2.96. The third-order valence-corrected chi connectivity index (χ3v) is 6.32. The van der Waals surface area contributed by atoms with Crippen LogP contribution in [0.15, 0.2) is 41.8 Å². The first-order valence-corrected chi connectivity index (χ1v) is 10.4. The van der Waals surface area contributed by atoms with E-state index in [9.17, 15) is 17.6 Å². The fourth-order valence-corrected chi connectivity index (χ4v) is 4.48. The van der Waals surface area contributed by atoms with Crippen molar-refractivity contribution < 1.29 is 22.3 Å². The van der Waals surface area contributed by atoms with Crippen LogP contribution in [0, 0.1) is 5.82 Å². The lowest BCUT2D eigenvalue weighted by Crippen LogP contribution is -2.43. The zero-order valence-electron chi connectivity index (χ0n) is 15.8. The van der Waals surface area contributed by atoms with Crippen LogP contribution in [0.4, 0.5) is 4.39 Å². The molecule has 2 heterocycles. The van der Waals surface area contributed by atoms with Crippen LogP contribution < -0.4 is 4.74 Å². The number of imidazole rings is 1. The maximum Gasteiger partial charge on any atom is 0.263 e. The van der Waals surface area contributed by atoms with Gasteiger partial charge in [-0.25, -0.2) is 17.8 Å². The number of carbonyl (C=O) groups is 1. The summed E-state index contributed by atoms with van der Waals surface area (Å²) in [5.74, 6) is -0.830. The summed E-state index contributed by atoms with van der Waals surface area (Å²) in [6.07, 6.45) is 2.50. The van der Waals surface area contributed by atoms with Gasteiger partial charge in [0.05, 0.1) is 6.33 Å². The zero-order valence-corrected chi connectivity index (χ0v) is 16.6. The van der Waals surface area contributed by atoms with E-state index in [0.717, 1.165) is 0 Å². The first kappa shape index (κ1) is 20.3. The van der Waals surface area contributed by atoms with Crippen molar-refractivity contribution in [2.75, 3.05) is 26.2 Å². The van der Waals surface area contributed by atoms with Gasteiger partial charge in [-0.3, -0.25) is 4.79 Å². The van der Waals surface area contributed by atoms with E-state index in [4.69, 9.17) is 4.74 Å². The second kappa shape index (κ2) is 8.27. The highest BCUT2D eigenvalue weighted by Gasteiger charge is 2.31. The Kier molecular flexibility index (Phi) is 5.99. The molecule has 0 saturated carbocycles. The van der Waals surface area contributed by atoms with E-state index in [2.05, 4.69) is 4.98 Å². The van der Waals surface area contributed by atoms with Crippen LogP contribution >= 0.6 is 0 Å². The molecule has 1 aliphatic heterocycles. The zero-order chi connectivity index (χ0) is 20.3. The number of halogens is 1. The molecule has 0 N–H and O–H groups in total. The number of hydrogen-bond acceptors (Lipinski definition) is 5. The first-order chi connectivity index (χ1) is 13.3. The van der Waals surface area contributed by atoms with E-state index in [0.29, 0.717) is 19.5 Å². The average molecular weight is 410 g/mol. The lowest BCUT2D eigenvalue weighted by Gasteiger charge is -2.25. The third-order valence-electron chi connectivity index (χ3n) is 4.54. The van der Waals surface area contributed by atoms with Crippen molar-refractivity contribution in [1.82, 2.24) is 18.8 Å². The Hall–Kier alpha value is -2.46. The van der Waals surface area contributed by atoms with Crippen molar-refractivity contribution >= 4 is 15.9 Å². The minimum atomic E-state index is -3.71. The summed E-state index contributed by atoms with van der Waals surface area (Å²) in [5.41, 5.74) is 0. The standard InChI is InChI=1S/C18H23FN4O4S/c1-14(27-16-7-4-3-6-15(16)19)18(24)22-8-5-9-23(11-10-22)28(25,26)17-12-21(2)13-20-17/h3-4,6-7,12-14H,5,8-11H2,1-2H3. The van der Waals surface area contributed by atoms with Gasteiger partial charge in [0.1, 0.15) is 0 Å². The van der Waals surface area contributed by atoms with Crippen LogP contribution in [-0.4, -0.2) is 65.4 Å². The van der Waals surface area contributed by atoms with Crippen molar-refractivity contribution in [2.45, 2.75) is 24.5 Å². The van der Waals surface area contributed by atoms with Gasteiger partial charge in [0.15, 0.2) is 22.7 Å². The van der Waals surface area contributed by atoms with Crippen LogP contribution in [0.1, 0.15) is 13.3 Å². The molecule has 1 fully saturated rings. The molecule has 28 heavy (non-hydrogen) atoms. The Bertz CT molecular complexity index is 947. The highest BCUT2D eigenvalue weighted by Crippen LogP contribution is 2.19. The normalized spacial score (nSPS) is 17.2. The second-order valence-corrected chi connectivity index (χ2v) is 8.54. The van der Waals surface area contributed by atoms with Gasteiger partial charge in [0, 0.05) is 39.4 Å². The van der Waals surface area contributed by atoms with Crippen molar-refractivity contribution in [3.63, 3.8) is 0 Å². The molecule has 1 unspecified atom stereocenters. The Morgan fingerprint density at radius 2 is 1.96 bits per heavy atom. The van der Waals surface area contributed by atoms with E-state index in [1.165, 1.54) is 29.0 Å². The number of benzene rings is 1. The maximum atomic E-state index is 13.7. The lowest BCUT2D eigenvalue weighted by molar-refractivity contribution is -0.137. The summed E-state index contributed by atoms with van der Waals surface area (Å²) in [6.45, 7) is 2.65. The van der Waals surface area contributed by atoms with Crippen LogP contribution in [0.2, 0.25) is 0 Å². The number of carbonyl (C=O) groups excluding carboxylic acids is 1. The number of aryl methyl sites for hydroxylation is 1. The lowest BCUT2D eigenvalue weighted by atomic mass is 10.3. The van der Waals surface area contributed by atoms with E-state index >= 15 is 0 Å². The molecule has 0 spiro atoms. The number of rotatable bonds is 5. The number of aromatic nitrogens is 2. The van der Waals surface area contributed by atoms with Crippen LogP contribution in [0.3, 0.4) is 0 Å². The summed E-state index contributed by atoms with van der Waals surface area (Å²) in [6, 6.07) is 5.89. The molecule has 0 bridgehead atoms. The van der Waals surface area contributed by atoms with Gasteiger partial charge in [-0.1, -0.05) is 12.1 Å². The summed E-state index contributed by atoms with van der Waals surface area (Å²) >= 11 is 0. The molecule has 3 rings (SSSR count). The maximum absolute atomic E-state index is 13.7. The van der Waals surface area contributed by atoms with Gasteiger partial charge in [-0.15, -0.1) is 0 Å². The van der Waals surface area contributed by atoms with Gasteiger partial charge < -0.3 is 14.2 Å². The van der Waals surface area contributed by atoms with Crippen molar-refractivity contribution in [2.24, 2.45) is 7.05 Å². The Balaban J connectivity index is 1.64. The number of nitrogens with zero attached hydrogens (tertiary/aromatic N) is 4. The van der Waals surface area contributed by atoms with Crippen LogP contribution in [0.25, 0.3) is 0 Å². The molecule has 10 heteroatoms. The molecule has 8 nitrogen and oxygen atoms in total. The topological polar surface area (TPSA) is 84.7 Å². The SMILES string of the molecule is CC(Oc1ccccc1F)C(=O)N1CCCN(S(=O)(=O)c2cn(C)cn2)CC1. The van der Waals surface area contributed by atoms with E-state index < -0.39 is 21.9 Å². The van der Waals surface area contributed by atoms with E-state index in [1.54, 1.807) is 35.6 Å². The monoisotopic (exact) mass is 410 g/mol. The largest absolute Gasteiger partial charge is 0.478 e. The van der Waals surface area contributed by atoms with Gasteiger partial charge in [0.2, 0.25) is 0 Å². The molecule has 1 saturated heterocycles. The highest BCUT2D eigenvalue weighted by molar-refractivity contribution is 7.89. The fraction of sp³-hybridized carbons (Fsp3) is 0.444. The number of sulfonamides is 1. The van der Waals surface area contributed by atoms with Gasteiger partial charge >= 0.3 is 0 Å². The second-order valence-electron chi connectivity index (χ2n) is 6.65. The summed E-state index contributed by atoms with van der Waals surface area (Å²) in [5, 5.41) is -0.00830. The molecule has 2 aromatic rings. The minimum absolute atomic E-state index is 0.00830. The Labute approximate surface area is 163 Å². The molecule has 1 amide bonds. The first-order valence-electron chi connectivity index (χ1n) is 8.97. The number of hydrogen-bond donors (Lipinski definition) is 0. The van der Waals surface area contributed by atoms with Gasteiger partial charge in [0.25, 0.3) is 15.9 Å². The quantitative estimate of drug-likeness (QED) is 0.741. The van der Waals surface area contributed by atoms with E-state index in [-0.39, 0.29) is 29.8 Å². The fourth-order valence-electron chi connectivity index (χ4n) is 3.05. The van der Waals surface area contributed by atoms with Crippen molar-refractivity contribution in [3.8, 4) is 5.75 Å².